The van der Waals surface area contributed by atoms with Crippen molar-refractivity contribution in [2.24, 2.45) is 5.92 Å². The van der Waals surface area contributed by atoms with Crippen molar-refractivity contribution < 1.29 is 23.9 Å². The second kappa shape index (κ2) is 14.0. The highest BCUT2D eigenvalue weighted by molar-refractivity contribution is 6.00. The summed E-state index contributed by atoms with van der Waals surface area (Å²) in [7, 11) is 1.43. The van der Waals surface area contributed by atoms with Crippen LogP contribution in [0, 0.1) is 5.92 Å². The molecule has 218 valence electrons. The Kier molecular flexibility index (Phi) is 10.3. The van der Waals surface area contributed by atoms with Gasteiger partial charge in [0.05, 0.1) is 5.70 Å². The van der Waals surface area contributed by atoms with Crippen molar-refractivity contribution in [3.05, 3.63) is 78.0 Å². The number of carbonyl (C=O) groups is 4. The first-order chi connectivity index (χ1) is 19.8. The lowest BCUT2D eigenvalue weighted by molar-refractivity contribution is -0.147. The summed E-state index contributed by atoms with van der Waals surface area (Å²) < 4.78 is 5.07. The third kappa shape index (κ3) is 7.39. The molecule has 0 aromatic heterocycles. The topological polar surface area (TPSA) is 111 Å². The first-order valence-corrected chi connectivity index (χ1v) is 14.0. The molecule has 0 saturated carbocycles. The van der Waals surface area contributed by atoms with Crippen LogP contribution in [0.15, 0.2) is 66.9 Å². The highest BCUT2D eigenvalue weighted by Crippen LogP contribution is 2.30. The van der Waals surface area contributed by atoms with Crippen molar-refractivity contribution in [2.45, 2.75) is 32.4 Å². The standard InChI is InChI=1S/C31H39N5O5/c1-22(2)29-31(40)35(26(24-12-8-5-9-13-24)19-36(29)28(38)21-41-3)20-27(37)33-25(18-23-10-6-4-7-11-23)30(39)34-16-14-32-15-17-34/h4-13,19,22,25,29,32H,14-18,20-21H2,1-3H3,(H,33,37)/t25-,29-/m0/s1. The van der Waals surface area contributed by atoms with Crippen LogP contribution in [0.1, 0.15) is 25.0 Å². The smallest absolute Gasteiger partial charge is 0.253 e. The number of piperazine rings is 1. The Morgan fingerprint density at radius 3 is 2.24 bits per heavy atom. The summed E-state index contributed by atoms with van der Waals surface area (Å²) in [5.41, 5.74) is 2.04. The van der Waals surface area contributed by atoms with E-state index in [9.17, 15) is 19.2 Å². The first kappa shape index (κ1) is 30.0. The van der Waals surface area contributed by atoms with Crippen molar-refractivity contribution in [1.29, 1.82) is 0 Å². The second-order valence-corrected chi connectivity index (χ2v) is 10.6. The number of nitrogens with zero attached hydrogens (tertiary/aromatic N) is 3. The van der Waals surface area contributed by atoms with E-state index in [0.717, 1.165) is 5.56 Å². The Bertz CT molecular complexity index is 1240. The molecule has 1 saturated heterocycles. The minimum atomic E-state index is -0.805. The Morgan fingerprint density at radius 2 is 1.63 bits per heavy atom. The number of ether oxygens (including phenoxy) is 1. The Hall–Kier alpha value is -4.02. The molecule has 2 atom stereocenters. The van der Waals surface area contributed by atoms with Gasteiger partial charge in [-0.2, -0.15) is 0 Å². The van der Waals surface area contributed by atoms with Gasteiger partial charge in [-0.05, 0) is 17.0 Å². The lowest BCUT2D eigenvalue weighted by Crippen LogP contribution is -2.58. The van der Waals surface area contributed by atoms with Crippen LogP contribution in [-0.4, -0.2) is 96.9 Å². The molecule has 2 heterocycles. The fourth-order valence-corrected chi connectivity index (χ4v) is 5.25. The zero-order valence-corrected chi connectivity index (χ0v) is 23.9. The summed E-state index contributed by atoms with van der Waals surface area (Å²) in [6, 6.07) is 17.1. The van der Waals surface area contributed by atoms with Gasteiger partial charge in [-0.15, -0.1) is 0 Å². The monoisotopic (exact) mass is 561 g/mol. The van der Waals surface area contributed by atoms with Crippen LogP contribution >= 0.6 is 0 Å². The lowest BCUT2D eigenvalue weighted by Gasteiger charge is -2.41. The van der Waals surface area contributed by atoms with Crippen molar-refractivity contribution in [2.75, 3.05) is 46.4 Å². The molecular weight excluding hydrogens is 522 g/mol. The molecule has 4 rings (SSSR count). The van der Waals surface area contributed by atoms with Crippen LogP contribution in [-0.2, 0) is 30.3 Å². The SMILES string of the molecule is COCC(=O)N1C=C(c2ccccc2)N(CC(=O)N[C@@H](Cc2ccccc2)C(=O)N2CCNCC2)C(=O)[C@@H]1C(C)C. The molecule has 0 aliphatic carbocycles. The number of hydrogen-bond donors (Lipinski definition) is 2. The Morgan fingerprint density at radius 1 is 1.00 bits per heavy atom. The summed E-state index contributed by atoms with van der Waals surface area (Å²) in [4.78, 5) is 58.7. The molecule has 41 heavy (non-hydrogen) atoms. The molecule has 1 fully saturated rings. The highest BCUT2D eigenvalue weighted by atomic mass is 16.5. The zero-order chi connectivity index (χ0) is 29.4. The minimum Gasteiger partial charge on any atom is -0.375 e. The van der Waals surface area contributed by atoms with E-state index in [1.54, 1.807) is 11.1 Å². The quantitative estimate of drug-likeness (QED) is 0.455. The third-order valence-corrected chi connectivity index (χ3v) is 7.27. The molecule has 4 amide bonds. The molecule has 2 aliphatic heterocycles. The molecule has 10 heteroatoms. The van der Waals surface area contributed by atoms with E-state index in [1.165, 1.54) is 16.9 Å². The zero-order valence-electron chi connectivity index (χ0n) is 23.9. The van der Waals surface area contributed by atoms with Crippen LogP contribution in [0.25, 0.3) is 5.70 Å². The van der Waals surface area contributed by atoms with Crippen molar-refractivity contribution in [3.8, 4) is 0 Å². The first-order valence-electron chi connectivity index (χ1n) is 14.0. The summed E-state index contributed by atoms with van der Waals surface area (Å²) >= 11 is 0. The van der Waals surface area contributed by atoms with E-state index in [-0.39, 0.29) is 36.8 Å². The van der Waals surface area contributed by atoms with Crippen LogP contribution in [0.2, 0.25) is 0 Å². The van der Waals surface area contributed by atoms with Gasteiger partial charge in [-0.1, -0.05) is 74.5 Å². The molecule has 2 aliphatic rings. The van der Waals surface area contributed by atoms with Crippen molar-refractivity contribution in [1.82, 2.24) is 25.3 Å². The van der Waals surface area contributed by atoms with Gasteiger partial charge in [-0.25, -0.2) is 0 Å². The summed E-state index contributed by atoms with van der Waals surface area (Å²) in [5.74, 6) is -1.54. The maximum absolute atomic E-state index is 14.0. The fraction of sp³-hybridized carbons (Fsp3) is 0.419. The van der Waals surface area contributed by atoms with Gasteiger partial charge >= 0.3 is 0 Å². The van der Waals surface area contributed by atoms with E-state index in [4.69, 9.17) is 4.74 Å². The molecule has 10 nitrogen and oxygen atoms in total. The number of hydrogen-bond acceptors (Lipinski definition) is 6. The maximum Gasteiger partial charge on any atom is 0.253 e. The average Bonchev–Trinajstić information content (AvgIpc) is 2.98. The Balaban J connectivity index is 1.62. The maximum atomic E-state index is 14.0. The van der Waals surface area contributed by atoms with Gasteiger partial charge in [0.2, 0.25) is 11.8 Å². The van der Waals surface area contributed by atoms with Crippen LogP contribution < -0.4 is 10.6 Å². The predicted molar refractivity (Wildman–Crippen MR) is 155 cm³/mol. The van der Waals surface area contributed by atoms with Crippen molar-refractivity contribution >= 4 is 29.3 Å². The van der Waals surface area contributed by atoms with Gasteiger partial charge in [0, 0.05) is 45.9 Å². The van der Waals surface area contributed by atoms with E-state index in [2.05, 4.69) is 10.6 Å². The van der Waals surface area contributed by atoms with Gasteiger partial charge in [0.1, 0.15) is 25.2 Å². The number of benzene rings is 2. The molecular formula is C31H39N5O5. The largest absolute Gasteiger partial charge is 0.375 e. The van der Waals surface area contributed by atoms with Crippen LogP contribution in [0.3, 0.4) is 0 Å². The number of nitrogens with one attached hydrogen (secondary N) is 2. The van der Waals surface area contributed by atoms with Gasteiger partial charge in [0.25, 0.3) is 11.8 Å². The molecule has 0 spiro atoms. The van der Waals surface area contributed by atoms with E-state index in [1.807, 2.05) is 74.5 Å². The van der Waals surface area contributed by atoms with E-state index in [0.29, 0.717) is 43.9 Å². The summed E-state index contributed by atoms with van der Waals surface area (Å²) in [6.07, 6.45) is 1.96. The third-order valence-electron chi connectivity index (χ3n) is 7.27. The van der Waals surface area contributed by atoms with E-state index >= 15 is 0 Å². The molecule has 2 N–H and O–H groups in total. The number of amides is 4. The normalized spacial score (nSPS) is 18.2. The second-order valence-electron chi connectivity index (χ2n) is 10.6. The van der Waals surface area contributed by atoms with Crippen molar-refractivity contribution in [3.63, 3.8) is 0 Å². The minimum absolute atomic E-state index is 0.149. The average molecular weight is 562 g/mol. The summed E-state index contributed by atoms with van der Waals surface area (Å²) in [5, 5.41) is 6.17. The molecule has 0 radical (unpaired) electrons. The number of carbonyl (C=O) groups excluding carboxylic acids is 4. The highest BCUT2D eigenvalue weighted by Gasteiger charge is 2.41. The van der Waals surface area contributed by atoms with Gasteiger partial charge < -0.3 is 25.2 Å². The lowest BCUT2D eigenvalue weighted by atomic mass is 9.97. The summed E-state index contributed by atoms with van der Waals surface area (Å²) in [6.45, 7) is 5.76. The number of methoxy groups -OCH3 is 1. The van der Waals surface area contributed by atoms with Gasteiger partial charge in [0.15, 0.2) is 0 Å². The number of rotatable bonds is 10. The Labute approximate surface area is 241 Å². The van der Waals surface area contributed by atoms with Gasteiger partial charge in [-0.3, -0.25) is 24.1 Å². The van der Waals surface area contributed by atoms with Crippen LogP contribution in [0.5, 0.6) is 0 Å². The molecule has 0 bridgehead atoms. The molecule has 2 aromatic carbocycles. The predicted octanol–water partition coefficient (Wildman–Crippen LogP) is 1.49. The van der Waals surface area contributed by atoms with Crippen LogP contribution in [0.4, 0.5) is 0 Å². The molecule has 2 aromatic rings. The van der Waals surface area contributed by atoms with E-state index < -0.39 is 18.0 Å². The molecule has 0 unspecified atom stereocenters. The fourth-order valence-electron chi connectivity index (χ4n) is 5.25.